The third kappa shape index (κ3) is 3.90. The standard InChI is InChI=1S/C17H24N2O5S/c1-18(25(21,22)14-6-7-14)10-11-24-15-8-5-13(12-16(15)23-2)19-9-3-4-17(19)20/h5,8,12,14H,3-4,6-7,9-11H2,1-2H3. The van der Waals surface area contributed by atoms with Crippen molar-refractivity contribution in [1.29, 1.82) is 0 Å². The van der Waals surface area contributed by atoms with Crippen molar-refractivity contribution in [3.63, 3.8) is 0 Å². The van der Waals surface area contributed by atoms with E-state index in [0.29, 0.717) is 24.5 Å². The lowest BCUT2D eigenvalue weighted by molar-refractivity contribution is -0.117. The molecule has 0 bridgehead atoms. The molecule has 138 valence electrons. The van der Waals surface area contributed by atoms with Gasteiger partial charge in [-0.25, -0.2) is 12.7 Å². The number of ether oxygens (including phenoxy) is 2. The Bertz CT molecular complexity index is 745. The number of anilines is 1. The maximum atomic E-state index is 12.1. The van der Waals surface area contributed by atoms with Gasteiger partial charge in [0.25, 0.3) is 0 Å². The van der Waals surface area contributed by atoms with Crippen molar-refractivity contribution in [3.8, 4) is 11.5 Å². The minimum Gasteiger partial charge on any atom is -0.493 e. The number of hydrogen-bond acceptors (Lipinski definition) is 5. The highest BCUT2D eigenvalue weighted by Crippen LogP contribution is 2.34. The first-order chi connectivity index (χ1) is 11.9. The number of benzene rings is 1. The Morgan fingerprint density at radius 2 is 2.04 bits per heavy atom. The van der Waals surface area contributed by atoms with Gasteiger partial charge in [0.2, 0.25) is 15.9 Å². The van der Waals surface area contributed by atoms with Crippen molar-refractivity contribution in [2.24, 2.45) is 0 Å². The number of amides is 1. The summed E-state index contributed by atoms with van der Waals surface area (Å²) >= 11 is 0. The van der Waals surface area contributed by atoms with Gasteiger partial charge in [0.15, 0.2) is 11.5 Å². The lowest BCUT2D eigenvalue weighted by Crippen LogP contribution is -2.33. The summed E-state index contributed by atoms with van der Waals surface area (Å²) in [6.45, 7) is 1.24. The van der Waals surface area contributed by atoms with E-state index in [4.69, 9.17) is 9.47 Å². The number of likely N-dealkylation sites (N-methyl/N-ethyl adjacent to an activating group) is 1. The maximum Gasteiger partial charge on any atom is 0.227 e. The molecule has 8 heteroatoms. The van der Waals surface area contributed by atoms with Gasteiger partial charge < -0.3 is 14.4 Å². The summed E-state index contributed by atoms with van der Waals surface area (Å²) in [4.78, 5) is 13.6. The zero-order valence-electron chi connectivity index (χ0n) is 14.6. The highest BCUT2D eigenvalue weighted by Gasteiger charge is 2.38. The van der Waals surface area contributed by atoms with Crippen molar-refractivity contribution in [2.75, 3.05) is 38.8 Å². The van der Waals surface area contributed by atoms with Crippen LogP contribution in [0.15, 0.2) is 18.2 Å². The van der Waals surface area contributed by atoms with Crippen LogP contribution in [0.3, 0.4) is 0 Å². The SMILES string of the molecule is COc1cc(N2CCCC2=O)ccc1OCCN(C)S(=O)(=O)C1CC1. The van der Waals surface area contributed by atoms with Gasteiger partial charge in [-0.3, -0.25) is 4.79 Å². The van der Waals surface area contributed by atoms with E-state index < -0.39 is 10.0 Å². The fourth-order valence-electron chi connectivity index (χ4n) is 2.90. The van der Waals surface area contributed by atoms with Gasteiger partial charge in [-0.15, -0.1) is 0 Å². The molecule has 0 unspecified atom stereocenters. The quantitative estimate of drug-likeness (QED) is 0.697. The first kappa shape index (κ1) is 18.0. The zero-order chi connectivity index (χ0) is 18.0. The topological polar surface area (TPSA) is 76.2 Å². The van der Waals surface area contributed by atoms with Crippen LogP contribution in [0.2, 0.25) is 0 Å². The molecular weight excluding hydrogens is 344 g/mol. The van der Waals surface area contributed by atoms with Crippen LogP contribution in [0.1, 0.15) is 25.7 Å². The van der Waals surface area contributed by atoms with Crippen LogP contribution < -0.4 is 14.4 Å². The summed E-state index contributed by atoms with van der Waals surface area (Å²) in [5.41, 5.74) is 0.792. The smallest absolute Gasteiger partial charge is 0.227 e. The van der Waals surface area contributed by atoms with Crippen molar-refractivity contribution < 1.29 is 22.7 Å². The van der Waals surface area contributed by atoms with Crippen LogP contribution >= 0.6 is 0 Å². The predicted molar refractivity (Wildman–Crippen MR) is 94.6 cm³/mol. The van der Waals surface area contributed by atoms with E-state index in [-0.39, 0.29) is 24.3 Å². The average Bonchev–Trinajstić information content (AvgIpc) is 3.37. The van der Waals surface area contributed by atoms with Crippen LogP contribution in [-0.4, -0.2) is 57.7 Å². The molecule has 2 aliphatic rings. The van der Waals surface area contributed by atoms with Gasteiger partial charge in [0.05, 0.1) is 12.4 Å². The molecule has 3 rings (SSSR count). The molecule has 1 saturated heterocycles. The third-order valence-electron chi connectivity index (χ3n) is 4.58. The first-order valence-corrected chi connectivity index (χ1v) is 10.00. The fraction of sp³-hybridized carbons (Fsp3) is 0.588. The number of methoxy groups -OCH3 is 1. The molecule has 0 N–H and O–H groups in total. The number of nitrogens with zero attached hydrogens (tertiary/aromatic N) is 2. The predicted octanol–water partition coefficient (Wildman–Crippen LogP) is 1.62. The Labute approximate surface area is 148 Å². The molecule has 1 amide bonds. The highest BCUT2D eigenvalue weighted by molar-refractivity contribution is 7.90. The molecule has 0 spiro atoms. The van der Waals surface area contributed by atoms with E-state index in [0.717, 1.165) is 24.9 Å². The van der Waals surface area contributed by atoms with Gasteiger partial charge in [0, 0.05) is 38.3 Å². The number of rotatable bonds is 8. The Balaban J connectivity index is 1.61. The summed E-state index contributed by atoms with van der Waals surface area (Å²) in [5, 5.41) is -0.218. The fourth-order valence-corrected chi connectivity index (χ4v) is 4.47. The second-order valence-corrected chi connectivity index (χ2v) is 8.72. The Kier molecular flexibility index (Phi) is 5.19. The van der Waals surface area contributed by atoms with Crippen LogP contribution in [-0.2, 0) is 14.8 Å². The normalized spacial score (nSPS) is 18.0. The Hall–Kier alpha value is -1.80. The van der Waals surface area contributed by atoms with Gasteiger partial charge >= 0.3 is 0 Å². The average molecular weight is 368 g/mol. The molecule has 1 aromatic rings. The van der Waals surface area contributed by atoms with E-state index in [1.807, 2.05) is 6.07 Å². The molecule has 7 nitrogen and oxygen atoms in total. The number of sulfonamides is 1. The molecule has 1 heterocycles. The lowest BCUT2D eigenvalue weighted by atomic mass is 10.2. The second kappa shape index (κ2) is 7.21. The molecule has 0 atom stereocenters. The minimum atomic E-state index is -3.18. The Morgan fingerprint density at radius 3 is 2.64 bits per heavy atom. The van der Waals surface area contributed by atoms with Gasteiger partial charge in [-0.05, 0) is 31.4 Å². The minimum absolute atomic E-state index is 0.114. The van der Waals surface area contributed by atoms with E-state index >= 15 is 0 Å². The number of hydrogen-bond donors (Lipinski definition) is 0. The summed E-state index contributed by atoms with van der Waals surface area (Å²) in [5.74, 6) is 1.18. The first-order valence-electron chi connectivity index (χ1n) is 8.50. The van der Waals surface area contributed by atoms with Gasteiger partial charge in [-0.1, -0.05) is 0 Å². The summed E-state index contributed by atoms with van der Waals surface area (Å²) in [6, 6.07) is 5.37. The lowest BCUT2D eigenvalue weighted by Gasteiger charge is -2.20. The van der Waals surface area contributed by atoms with Crippen LogP contribution in [0.5, 0.6) is 11.5 Å². The van der Waals surface area contributed by atoms with E-state index in [2.05, 4.69) is 0 Å². The van der Waals surface area contributed by atoms with E-state index in [1.54, 1.807) is 31.2 Å². The second-order valence-electron chi connectivity index (χ2n) is 6.40. The molecular formula is C17H24N2O5S. The third-order valence-corrected chi connectivity index (χ3v) is 6.94. The van der Waals surface area contributed by atoms with Crippen molar-refractivity contribution in [2.45, 2.75) is 30.9 Å². The van der Waals surface area contributed by atoms with Gasteiger partial charge in [0.1, 0.15) is 6.61 Å². The summed E-state index contributed by atoms with van der Waals surface area (Å²) < 4.78 is 36.6. The molecule has 1 aromatic carbocycles. The molecule has 1 aliphatic carbocycles. The Morgan fingerprint density at radius 1 is 1.28 bits per heavy atom. The van der Waals surface area contributed by atoms with E-state index in [9.17, 15) is 13.2 Å². The zero-order valence-corrected chi connectivity index (χ0v) is 15.4. The summed E-state index contributed by atoms with van der Waals surface area (Å²) in [7, 11) is -0.0591. The maximum absolute atomic E-state index is 12.1. The monoisotopic (exact) mass is 368 g/mol. The number of carbonyl (C=O) groups excluding carboxylic acids is 1. The van der Waals surface area contributed by atoms with Crippen LogP contribution in [0.4, 0.5) is 5.69 Å². The number of carbonyl (C=O) groups is 1. The van der Waals surface area contributed by atoms with Crippen LogP contribution in [0.25, 0.3) is 0 Å². The molecule has 0 aromatic heterocycles. The van der Waals surface area contributed by atoms with Crippen molar-refractivity contribution >= 4 is 21.6 Å². The highest BCUT2D eigenvalue weighted by atomic mass is 32.2. The van der Waals surface area contributed by atoms with Crippen molar-refractivity contribution in [3.05, 3.63) is 18.2 Å². The summed E-state index contributed by atoms with van der Waals surface area (Å²) in [6.07, 6.45) is 2.93. The van der Waals surface area contributed by atoms with E-state index in [1.165, 1.54) is 4.31 Å². The molecule has 1 aliphatic heterocycles. The van der Waals surface area contributed by atoms with Crippen molar-refractivity contribution in [1.82, 2.24) is 4.31 Å². The molecule has 0 radical (unpaired) electrons. The molecule has 1 saturated carbocycles. The molecule has 25 heavy (non-hydrogen) atoms. The van der Waals surface area contributed by atoms with Crippen LogP contribution in [0, 0.1) is 0 Å². The molecule has 2 fully saturated rings. The van der Waals surface area contributed by atoms with Gasteiger partial charge in [-0.2, -0.15) is 0 Å². The largest absolute Gasteiger partial charge is 0.493 e.